The molecule has 4 aromatic rings. The van der Waals surface area contributed by atoms with E-state index in [4.69, 9.17) is 4.98 Å². The molecule has 158 valence electrons. The lowest BCUT2D eigenvalue weighted by Crippen LogP contribution is -2.28. The number of nitriles is 1. The van der Waals surface area contributed by atoms with Crippen LogP contribution in [0.15, 0.2) is 60.6 Å². The Kier molecular flexibility index (Phi) is 4.79. The van der Waals surface area contributed by atoms with Gasteiger partial charge in [-0.25, -0.2) is 15.0 Å². The van der Waals surface area contributed by atoms with Gasteiger partial charge in [0, 0.05) is 12.7 Å². The van der Waals surface area contributed by atoms with Gasteiger partial charge in [-0.15, -0.1) is 0 Å². The lowest BCUT2D eigenvalue weighted by atomic mass is 10.2. The molecule has 3 heterocycles. The van der Waals surface area contributed by atoms with Gasteiger partial charge in [0.05, 0.1) is 6.20 Å². The van der Waals surface area contributed by atoms with Crippen molar-refractivity contribution in [2.75, 3.05) is 17.3 Å². The molecule has 1 fully saturated rings. The molecule has 0 spiro atoms. The molecule has 8 nitrogen and oxygen atoms in total. The number of carbonyl (C=O) groups excluding carboxylic acids is 1. The molecule has 1 aromatic carbocycles. The Balaban J connectivity index is 1.54. The molecule has 8 heteroatoms. The van der Waals surface area contributed by atoms with E-state index in [-0.39, 0.29) is 11.5 Å². The second kappa shape index (κ2) is 7.78. The van der Waals surface area contributed by atoms with Gasteiger partial charge < -0.3 is 5.32 Å². The van der Waals surface area contributed by atoms with Crippen LogP contribution in [0.2, 0.25) is 0 Å². The van der Waals surface area contributed by atoms with Gasteiger partial charge in [0.2, 0.25) is 0 Å². The first kappa shape index (κ1) is 19.7. The fraction of sp³-hybridized carbons (Fsp3) is 0.208. The smallest absolute Gasteiger partial charge is 0.269 e. The number of anilines is 3. The highest BCUT2D eigenvalue weighted by Crippen LogP contribution is 2.32. The van der Waals surface area contributed by atoms with Gasteiger partial charge in [0.15, 0.2) is 11.5 Å². The molecule has 1 aliphatic rings. The normalized spacial score (nSPS) is 13.8. The number of aryl methyl sites for hydroxylation is 1. The molecule has 0 radical (unpaired) electrons. The van der Waals surface area contributed by atoms with Crippen LogP contribution in [0.1, 0.15) is 18.4 Å². The Hall–Kier alpha value is -4.25. The van der Waals surface area contributed by atoms with Crippen LogP contribution in [0.3, 0.4) is 0 Å². The van der Waals surface area contributed by atoms with Crippen LogP contribution in [0.5, 0.6) is 0 Å². The Morgan fingerprint density at radius 2 is 2.06 bits per heavy atom. The Morgan fingerprint density at radius 1 is 1.25 bits per heavy atom. The molecule has 0 saturated heterocycles. The van der Waals surface area contributed by atoms with Crippen molar-refractivity contribution in [1.29, 1.82) is 5.26 Å². The van der Waals surface area contributed by atoms with Crippen LogP contribution in [0.4, 0.5) is 17.3 Å². The number of hydrogen-bond acceptors (Lipinski definition) is 6. The number of pyridine rings is 1. The number of fused-ring (bicyclic) bond motifs is 3. The highest BCUT2D eigenvalue weighted by Gasteiger charge is 2.24. The van der Waals surface area contributed by atoms with Crippen molar-refractivity contribution in [3.63, 3.8) is 0 Å². The largest absolute Gasteiger partial charge is 0.338 e. The van der Waals surface area contributed by atoms with Gasteiger partial charge in [-0.2, -0.15) is 5.26 Å². The number of amides is 1. The van der Waals surface area contributed by atoms with E-state index in [1.54, 1.807) is 31.7 Å². The topological polar surface area (TPSA) is 99.2 Å². The third-order valence-corrected chi connectivity index (χ3v) is 5.60. The van der Waals surface area contributed by atoms with E-state index in [0.717, 1.165) is 29.6 Å². The number of benzene rings is 1. The third kappa shape index (κ3) is 3.54. The van der Waals surface area contributed by atoms with E-state index in [1.807, 2.05) is 47.7 Å². The number of para-hydroxylation sites is 1. The molecule has 0 unspecified atom stereocenters. The van der Waals surface area contributed by atoms with Crippen molar-refractivity contribution in [3.8, 4) is 6.07 Å². The number of aromatic nitrogens is 4. The first-order valence-electron chi connectivity index (χ1n) is 10.4. The molecule has 1 N–H and O–H groups in total. The molecule has 1 aliphatic carbocycles. The van der Waals surface area contributed by atoms with Crippen molar-refractivity contribution < 1.29 is 4.79 Å². The van der Waals surface area contributed by atoms with Crippen LogP contribution >= 0.6 is 0 Å². The Labute approximate surface area is 184 Å². The summed E-state index contributed by atoms with van der Waals surface area (Å²) >= 11 is 0. The minimum Gasteiger partial charge on any atom is -0.338 e. The van der Waals surface area contributed by atoms with Gasteiger partial charge in [-0.05, 0) is 49.4 Å². The molecule has 0 aliphatic heterocycles. The summed E-state index contributed by atoms with van der Waals surface area (Å²) in [6.45, 7) is 2.03. The van der Waals surface area contributed by atoms with E-state index in [9.17, 15) is 10.1 Å². The standard InChI is InChI=1S/C24H21N7O/c1-15-5-3-4-6-18(15)27-22-20-13-26-14-31(20)23-19(28-22)9-10-21(29-23)30(2)24(32)17(12-25)11-16-7-8-16/h3-6,9-11,13-14,16H,7-8H2,1-2H3,(H,27,28)/b17-11+. The number of rotatable bonds is 5. The van der Waals surface area contributed by atoms with Gasteiger partial charge >= 0.3 is 0 Å². The molecular weight excluding hydrogens is 402 g/mol. The van der Waals surface area contributed by atoms with E-state index in [0.29, 0.717) is 28.7 Å². The highest BCUT2D eigenvalue weighted by molar-refractivity contribution is 6.07. The van der Waals surface area contributed by atoms with Crippen LogP contribution < -0.4 is 10.2 Å². The summed E-state index contributed by atoms with van der Waals surface area (Å²) in [7, 11) is 1.63. The highest BCUT2D eigenvalue weighted by atomic mass is 16.2. The SMILES string of the molecule is Cc1ccccc1Nc1nc2ccc(N(C)C(=O)/C(C#N)=C/C3CC3)nc2n2cncc12. The van der Waals surface area contributed by atoms with E-state index in [1.165, 1.54) is 4.90 Å². The van der Waals surface area contributed by atoms with Gasteiger partial charge in [-0.1, -0.05) is 24.3 Å². The number of allylic oxidation sites excluding steroid dienone is 1. The van der Waals surface area contributed by atoms with Crippen molar-refractivity contribution in [2.24, 2.45) is 5.92 Å². The number of nitrogens with one attached hydrogen (secondary N) is 1. The number of nitrogens with zero attached hydrogens (tertiary/aromatic N) is 6. The summed E-state index contributed by atoms with van der Waals surface area (Å²) in [5.41, 5.74) is 4.23. The zero-order valence-corrected chi connectivity index (χ0v) is 17.8. The predicted octanol–water partition coefficient (Wildman–Crippen LogP) is 4.15. The van der Waals surface area contributed by atoms with E-state index in [2.05, 4.69) is 15.3 Å². The summed E-state index contributed by atoms with van der Waals surface area (Å²) in [5, 5.41) is 12.8. The van der Waals surface area contributed by atoms with Crippen LogP contribution in [-0.4, -0.2) is 32.3 Å². The minimum absolute atomic E-state index is 0.153. The lowest BCUT2D eigenvalue weighted by Gasteiger charge is -2.17. The summed E-state index contributed by atoms with van der Waals surface area (Å²) in [6.07, 6.45) is 7.22. The van der Waals surface area contributed by atoms with Crippen molar-refractivity contribution >= 4 is 39.9 Å². The van der Waals surface area contributed by atoms with E-state index >= 15 is 0 Å². The number of imidazole rings is 1. The minimum atomic E-state index is -0.362. The molecule has 32 heavy (non-hydrogen) atoms. The van der Waals surface area contributed by atoms with Crippen molar-refractivity contribution in [3.05, 3.63) is 66.1 Å². The number of likely N-dealkylation sites (N-methyl/N-ethyl adjacent to an activating group) is 1. The zero-order chi connectivity index (χ0) is 22.2. The summed E-state index contributed by atoms with van der Waals surface area (Å²) in [4.78, 5) is 27.9. The van der Waals surface area contributed by atoms with Crippen molar-refractivity contribution in [1.82, 2.24) is 19.4 Å². The average molecular weight is 423 g/mol. The molecule has 0 atom stereocenters. The summed E-state index contributed by atoms with van der Waals surface area (Å²) < 4.78 is 1.84. The summed E-state index contributed by atoms with van der Waals surface area (Å²) in [6, 6.07) is 13.6. The third-order valence-electron chi connectivity index (χ3n) is 5.60. The molecule has 3 aromatic heterocycles. The molecule has 1 saturated carbocycles. The van der Waals surface area contributed by atoms with Gasteiger partial charge in [0.25, 0.3) is 5.91 Å². The van der Waals surface area contributed by atoms with Crippen molar-refractivity contribution in [2.45, 2.75) is 19.8 Å². The zero-order valence-electron chi connectivity index (χ0n) is 17.8. The van der Waals surface area contributed by atoms with Crippen LogP contribution in [0, 0.1) is 24.2 Å². The predicted molar refractivity (Wildman–Crippen MR) is 123 cm³/mol. The second-order valence-corrected chi connectivity index (χ2v) is 7.96. The average Bonchev–Trinajstić information content (AvgIpc) is 3.49. The maximum Gasteiger partial charge on any atom is 0.269 e. The fourth-order valence-electron chi connectivity index (χ4n) is 3.57. The van der Waals surface area contributed by atoms with Gasteiger partial charge in [-0.3, -0.25) is 14.1 Å². The quantitative estimate of drug-likeness (QED) is 0.382. The second-order valence-electron chi connectivity index (χ2n) is 7.96. The Morgan fingerprint density at radius 3 is 2.81 bits per heavy atom. The lowest BCUT2D eigenvalue weighted by molar-refractivity contribution is -0.114. The maximum absolute atomic E-state index is 12.8. The van der Waals surface area contributed by atoms with Crippen LogP contribution in [0.25, 0.3) is 16.7 Å². The van der Waals surface area contributed by atoms with Crippen LogP contribution in [-0.2, 0) is 4.79 Å². The monoisotopic (exact) mass is 423 g/mol. The molecular formula is C24H21N7O. The first-order chi connectivity index (χ1) is 15.5. The first-order valence-corrected chi connectivity index (χ1v) is 10.4. The molecule has 1 amide bonds. The number of hydrogen-bond donors (Lipinski definition) is 1. The molecule has 0 bridgehead atoms. The summed E-state index contributed by atoms with van der Waals surface area (Å²) in [5.74, 6) is 1.08. The fourth-order valence-corrected chi connectivity index (χ4v) is 3.57. The number of carbonyl (C=O) groups is 1. The Bertz CT molecular complexity index is 1430. The maximum atomic E-state index is 12.8. The van der Waals surface area contributed by atoms with Gasteiger partial charge in [0.1, 0.15) is 34.8 Å². The molecule has 5 rings (SSSR count). The van der Waals surface area contributed by atoms with E-state index < -0.39 is 0 Å².